The lowest BCUT2D eigenvalue weighted by Crippen LogP contribution is -2.62. The second kappa shape index (κ2) is 5.49. The standard InChI is InChI=1S/C18H20N2O3/c1-22-17(21)14-2-4-15-13(12-14)3-5-16(19-15)20-9-6-18(20)7-10-23-11-8-18/h2-5,12H,6-11H2,1H3. The number of carbonyl (C=O) groups is 1. The Morgan fingerprint density at radius 1 is 1.22 bits per heavy atom. The Hall–Kier alpha value is -2.14. The molecule has 0 aliphatic carbocycles. The van der Waals surface area contributed by atoms with Crippen molar-refractivity contribution in [3.05, 3.63) is 35.9 Å². The zero-order chi connectivity index (χ0) is 15.9. The lowest BCUT2D eigenvalue weighted by atomic mass is 9.78. The van der Waals surface area contributed by atoms with E-state index in [4.69, 9.17) is 14.5 Å². The van der Waals surface area contributed by atoms with Crippen LogP contribution in [0.15, 0.2) is 30.3 Å². The molecule has 0 unspecified atom stereocenters. The highest BCUT2D eigenvalue weighted by Gasteiger charge is 2.46. The molecule has 0 N–H and O–H groups in total. The van der Waals surface area contributed by atoms with Crippen molar-refractivity contribution in [3.63, 3.8) is 0 Å². The van der Waals surface area contributed by atoms with Gasteiger partial charge in [0.25, 0.3) is 0 Å². The maximum atomic E-state index is 11.6. The van der Waals surface area contributed by atoms with Gasteiger partial charge in [-0.05, 0) is 49.6 Å². The van der Waals surface area contributed by atoms with E-state index in [1.165, 1.54) is 13.5 Å². The van der Waals surface area contributed by atoms with Crippen molar-refractivity contribution < 1.29 is 14.3 Å². The van der Waals surface area contributed by atoms with Gasteiger partial charge in [0.2, 0.25) is 0 Å². The molecule has 2 aromatic rings. The highest BCUT2D eigenvalue weighted by Crippen LogP contribution is 2.42. The lowest BCUT2D eigenvalue weighted by molar-refractivity contribution is 0.0285. The third kappa shape index (κ3) is 2.36. The molecule has 2 aliphatic heterocycles. The smallest absolute Gasteiger partial charge is 0.337 e. The molecule has 3 heterocycles. The number of esters is 1. The van der Waals surface area contributed by atoms with Crippen molar-refractivity contribution in [3.8, 4) is 0 Å². The average molecular weight is 312 g/mol. The molecule has 120 valence electrons. The Morgan fingerprint density at radius 2 is 2.04 bits per heavy atom. The van der Waals surface area contributed by atoms with Gasteiger partial charge in [0, 0.05) is 30.7 Å². The zero-order valence-electron chi connectivity index (χ0n) is 13.2. The number of anilines is 1. The van der Waals surface area contributed by atoms with E-state index in [1.807, 2.05) is 18.2 Å². The molecule has 1 aromatic carbocycles. The highest BCUT2D eigenvalue weighted by molar-refractivity contribution is 5.94. The Balaban J connectivity index is 1.65. The minimum atomic E-state index is -0.320. The predicted molar refractivity (Wildman–Crippen MR) is 87.8 cm³/mol. The number of methoxy groups -OCH3 is 1. The zero-order valence-corrected chi connectivity index (χ0v) is 13.2. The summed E-state index contributed by atoms with van der Waals surface area (Å²) in [6.07, 6.45) is 3.37. The molecule has 0 atom stereocenters. The van der Waals surface area contributed by atoms with Gasteiger partial charge in [-0.2, -0.15) is 0 Å². The fourth-order valence-corrected chi connectivity index (χ4v) is 3.68. The van der Waals surface area contributed by atoms with Gasteiger partial charge in [0.1, 0.15) is 5.82 Å². The van der Waals surface area contributed by atoms with Gasteiger partial charge < -0.3 is 14.4 Å². The van der Waals surface area contributed by atoms with E-state index in [0.29, 0.717) is 5.56 Å². The summed E-state index contributed by atoms with van der Waals surface area (Å²) >= 11 is 0. The van der Waals surface area contributed by atoms with Crippen molar-refractivity contribution in [1.29, 1.82) is 0 Å². The summed E-state index contributed by atoms with van der Waals surface area (Å²) < 4.78 is 10.3. The van der Waals surface area contributed by atoms with Crippen molar-refractivity contribution >= 4 is 22.7 Å². The van der Waals surface area contributed by atoms with Crippen molar-refractivity contribution in [2.45, 2.75) is 24.8 Å². The molecular weight excluding hydrogens is 292 g/mol. The Labute approximate surface area is 135 Å². The molecule has 0 amide bonds. The fraction of sp³-hybridized carbons (Fsp3) is 0.444. The van der Waals surface area contributed by atoms with E-state index in [0.717, 1.165) is 49.3 Å². The first kappa shape index (κ1) is 14.5. The first-order chi connectivity index (χ1) is 11.2. The Bertz CT molecular complexity index is 753. The maximum absolute atomic E-state index is 11.6. The van der Waals surface area contributed by atoms with E-state index < -0.39 is 0 Å². The quantitative estimate of drug-likeness (QED) is 0.798. The Kier molecular flexibility index (Phi) is 3.45. The molecule has 2 saturated heterocycles. The van der Waals surface area contributed by atoms with Gasteiger partial charge >= 0.3 is 5.97 Å². The lowest BCUT2D eigenvalue weighted by Gasteiger charge is -2.55. The van der Waals surface area contributed by atoms with Gasteiger partial charge in [-0.1, -0.05) is 0 Å². The molecule has 5 heteroatoms. The van der Waals surface area contributed by atoms with Crippen LogP contribution in [0.2, 0.25) is 0 Å². The summed E-state index contributed by atoms with van der Waals surface area (Å²) in [5.41, 5.74) is 1.70. The van der Waals surface area contributed by atoms with E-state index in [1.54, 1.807) is 6.07 Å². The van der Waals surface area contributed by atoms with Crippen LogP contribution in [0.4, 0.5) is 5.82 Å². The van der Waals surface area contributed by atoms with Gasteiger partial charge in [-0.3, -0.25) is 0 Å². The van der Waals surface area contributed by atoms with Crippen LogP contribution in [0.25, 0.3) is 10.9 Å². The number of hydrogen-bond donors (Lipinski definition) is 0. The number of benzene rings is 1. The third-order valence-corrected chi connectivity index (χ3v) is 5.17. The molecule has 23 heavy (non-hydrogen) atoms. The number of carbonyl (C=O) groups excluding carboxylic acids is 1. The molecule has 0 radical (unpaired) electrons. The summed E-state index contributed by atoms with van der Waals surface area (Å²) in [6.45, 7) is 2.73. The van der Waals surface area contributed by atoms with Crippen molar-refractivity contribution in [2.24, 2.45) is 0 Å². The van der Waals surface area contributed by atoms with Crippen LogP contribution >= 0.6 is 0 Å². The summed E-state index contributed by atoms with van der Waals surface area (Å²) in [5, 5.41) is 0.957. The molecule has 0 saturated carbocycles. The molecule has 5 nitrogen and oxygen atoms in total. The minimum absolute atomic E-state index is 0.241. The van der Waals surface area contributed by atoms with Crippen LogP contribution in [-0.2, 0) is 9.47 Å². The number of fused-ring (bicyclic) bond motifs is 1. The molecule has 0 bridgehead atoms. The second-order valence-electron chi connectivity index (χ2n) is 6.31. The molecule has 1 aromatic heterocycles. The van der Waals surface area contributed by atoms with Crippen LogP contribution in [0.5, 0.6) is 0 Å². The third-order valence-electron chi connectivity index (χ3n) is 5.17. The first-order valence-electron chi connectivity index (χ1n) is 8.06. The number of aromatic nitrogens is 1. The van der Waals surface area contributed by atoms with Gasteiger partial charge in [-0.25, -0.2) is 9.78 Å². The average Bonchev–Trinajstić information content (AvgIpc) is 2.60. The topological polar surface area (TPSA) is 51.7 Å². The molecule has 2 aliphatic rings. The van der Waals surface area contributed by atoms with Crippen LogP contribution < -0.4 is 4.90 Å². The number of rotatable bonds is 2. The number of pyridine rings is 1. The van der Waals surface area contributed by atoms with E-state index in [-0.39, 0.29) is 11.5 Å². The van der Waals surface area contributed by atoms with Crippen LogP contribution in [-0.4, -0.2) is 43.4 Å². The van der Waals surface area contributed by atoms with Crippen molar-refractivity contribution in [1.82, 2.24) is 4.98 Å². The number of ether oxygens (including phenoxy) is 2. The van der Waals surface area contributed by atoms with Crippen LogP contribution in [0.3, 0.4) is 0 Å². The maximum Gasteiger partial charge on any atom is 0.337 e. The first-order valence-corrected chi connectivity index (χ1v) is 8.06. The van der Waals surface area contributed by atoms with Gasteiger partial charge in [0.15, 0.2) is 0 Å². The summed E-state index contributed by atoms with van der Waals surface area (Å²) in [7, 11) is 1.39. The van der Waals surface area contributed by atoms with Gasteiger partial charge in [0.05, 0.1) is 18.2 Å². The molecule has 2 fully saturated rings. The largest absolute Gasteiger partial charge is 0.465 e. The Morgan fingerprint density at radius 3 is 2.74 bits per heavy atom. The molecular formula is C18H20N2O3. The van der Waals surface area contributed by atoms with E-state index in [9.17, 15) is 4.79 Å². The SMILES string of the molecule is COC(=O)c1ccc2nc(N3CCC34CCOCC4)ccc2c1. The summed E-state index contributed by atoms with van der Waals surface area (Å²) in [5.74, 6) is 0.705. The second-order valence-corrected chi connectivity index (χ2v) is 6.31. The van der Waals surface area contributed by atoms with Crippen molar-refractivity contribution in [2.75, 3.05) is 31.8 Å². The number of nitrogens with zero attached hydrogens (tertiary/aromatic N) is 2. The number of hydrogen-bond acceptors (Lipinski definition) is 5. The normalized spacial score (nSPS) is 19.6. The minimum Gasteiger partial charge on any atom is -0.465 e. The summed E-state index contributed by atoms with van der Waals surface area (Å²) in [4.78, 5) is 18.9. The van der Waals surface area contributed by atoms with Gasteiger partial charge in [-0.15, -0.1) is 0 Å². The van der Waals surface area contributed by atoms with Crippen LogP contribution in [0, 0.1) is 0 Å². The fourth-order valence-electron chi connectivity index (χ4n) is 3.68. The summed E-state index contributed by atoms with van der Waals surface area (Å²) in [6, 6.07) is 9.58. The van der Waals surface area contributed by atoms with E-state index in [2.05, 4.69) is 11.0 Å². The van der Waals surface area contributed by atoms with Crippen LogP contribution in [0.1, 0.15) is 29.6 Å². The molecule has 1 spiro atoms. The van der Waals surface area contributed by atoms with E-state index >= 15 is 0 Å². The predicted octanol–water partition coefficient (Wildman–Crippen LogP) is 2.78. The molecule has 4 rings (SSSR count). The monoisotopic (exact) mass is 312 g/mol. The highest BCUT2D eigenvalue weighted by atomic mass is 16.5.